The number of rotatable bonds is 5. The molecule has 0 radical (unpaired) electrons. The topological polar surface area (TPSA) is 78.8 Å². The molecule has 2 aromatic heterocycles. The fourth-order valence-corrected chi connectivity index (χ4v) is 3.66. The SMILES string of the molecule is O=c1c(Cl)c(NCc2ccn[nH]2)cnn1C1CCN(c2ccccc2F)CC1. The molecule has 28 heavy (non-hydrogen) atoms. The molecule has 1 saturated heterocycles. The Kier molecular flexibility index (Phi) is 5.29. The third kappa shape index (κ3) is 3.73. The van der Waals surface area contributed by atoms with Crippen molar-refractivity contribution in [3.63, 3.8) is 0 Å². The van der Waals surface area contributed by atoms with Gasteiger partial charge in [0, 0.05) is 19.3 Å². The summed E-state index contributed by atoms with van der Waals surface area (Å²) >= 11 is 6.28. The molecule has 146 valence electrons. The Bertz CT molecular complexity index is 998. The van der Waals surface area contributed by atoms with E-state index in [0.29, 0.717) is 43.9 Å². The van der Waals surface area contributed by atoms with Gasteiger partial charge in [-0.05, 0) is 31.0 Å². The van der Waals surface area contributed by atoms with Crippen molar-refractivity contribution < 1.29 is 4.39 Å². The van der Waals surface area contributed by atoms with E-state index in [9.17, 15) is 9.18 Å². The lowest BCUT2D eigenvalue weighted by Crippen LogP contribution is -2.39. The summed E-state index contributed by atoms with van der Waals surface area (Å²) in [6.07, 6.45) is 4.61. The van der Waals surface area contributed by atoms with Gasteiger partial charge in [-0.3, -0.25) is 9.89 Å². The van der Waals surface area contributed by atoms with Crippen molar-refractivity contribution in [2.45, 2.75) is 25.4 Å². The molecule has 4 rings (SSSR count). The van der Waals surface area contributed by atoms with Crippen LogP contribution in [-0.4, -0.2) is 33.1 Å². The average molecular weight is 403 g/mol. The van der Waals surface area contributed by atoms with Gasteiger partial charge in [-0.2, -0.15) is 10.2 Å². The first kappa shape index (κ1) is 18.5. The first-order chi connectivity index (χ1) is 13.6. The number of H-pyrrole nitrogens is 1. The molecule has 1 aromatic carbocycles. The zero-order valence-corrected chi connectivity index (χ0v) is 15.9. The van der Waals surface area contributed by atoms with Gasteiger partial charge in [0.15, 0.2) is 0 Å². The minimum atomic E-state index is -0.319. The van der Waals surface area contributed by atoms with Crippen molar-refractivity contribution in [3.05, 3.63) is 69.6 Å². The highest BCUT2D eigenvalue weighted by Crippen LogP contribution is 2.27. The first-order valence-electron chi connectivity index (χ1n) is 9.12. The van der Waals surface area contributed by atoms with Crippen LogP contribution in [0.2, 0.25) is 5.02 Å². The van der Waals surface area contributed by atoms with E-state index in [2.05, 4.69) is 20.6 Å². The third-order valence-electron chi connectivity index (χ3n) is 4.97. The molecule has 0 aliphatic carbocycles. The molecular weight excluding hydrogens is 383 g/mol. The molecule has 1 fully saturated rings. The molecule has 1 aliphatic heterocycles. The number of hydrogen-bond acceptors (Lipinski definition) is 5. The Hall–Kier alpha value is -2.87. The predicted molar refractivity (Wildman–Crippen MR) is 106 cm³/mol. The smallest absolute Gasteiger partial charge is 0.287 e. The standard InChI is InChI=1S/C19H20ClFN6O/c20-18-16(22-11-13-5-8-23-25-13)12-24-27(19(18)28)14-6-9-26(10-7-14)17-4-2-1-3-15(17)21/h1-5,8,12,14,22H,6-7,9-11H2,(H,23,25). The third-order valence-corrected chi connectivity index (χ3v) is 5.34. The summed E-state index contributed by atoms with van der Waals surface area (Å²) in [6, 6.07) is 8.51. The van der Waals surface area contributed by atoms with Crippen molar-refractivity contribution >= 4 is 23.0 Å². The number of nitrogens with zero attached hydrogens (tertiary/aromatic N) is 4. The van der Waals surface area contributed by atoms with Gasteiger partial charge < -0.3 is 10.2 Å². The summed E-state index contributed by atoms with van der Waals surface area (Å²) in [5.41, 5.74) is 1.64. The lowest BCUT2D eigenvalue weighted by molar-refractivity contribution is 0.352. The van der Waals surface area contributed by atoms with Gasteiger partial charge in [-0.1, -0.05) is 23.7 Å². The van der Waals surface area contributed by atoms with Crippen LogP contribution in [0.3, 0.4) is 0 Å². The van der Waals surface area contributed by atoms with Gasteiger partial charge in [0.05, 0.1) is 35.9 Å². The molecule has 0 atom stereocenters. The molecule has 1 aliphatic rings. The molecule has 0 saturated carbocycles. The van der Waals surface area contributed by atoms with Crippen molar-refractivity contribution in [3.8, 4) is 0 Å². The van der Waals surface area contributed by atoms with Crippen LogP contribution in [0, 0.1) is 5.82 Å². The highest BCUT2D eigenvalue weighted by Gasteiger charge is 2.24. The van der Waals surface area contributed by atoms with Gasteiger partial charge >= 0.3 is 0 Å². The van der Waals surface area contributed by atoms with E-state index in [1.807, 2.05) is 17.0 Å². The van der Waals surface area contributed by atoms with Crippen LogP contribution in [0.4, 0.5) is 15.8 Å². The summed E-state index contributed by atoms with van der Waals surface area (Å²) in [6.45, 7) is 1.76. The lowest BCUT2D eigenvalue weighted by atomic mass is 10.0. The molecule has 0 amide bonds. The summed E-state index contributed by atoms with van der Waals surface area (Å²) in [5.74, 6) is -0.230. The van der Waals surface area contributed by atoms with E-state index in [0.717, 1.165) is 5.69 Å². The first-order valence-corrected chi connectivity index (χ1v) is 9.50. The van der Waals surface area contributed by atoms with Crippen LogP contribution in [0.1, 0.15) is 24.6 Å². The molecule has 7 nitrogen and oxygen atoms in total. The van der Waals surface area contributed by atoms with E-state index >= 15 is 0 Å². The van der Waals surface area contributed by atoms with Gasteiger partial charge in [-0.15, -0.1) is 0 Å². The number of benzene rings is 1. The number of aromatic amines is 1. The molecule has 9 heteroatoms. The highest BCUT2D eigenvalue weighted by atomic mass is 35.5. The quantitative estimate of drug-likeness (QED) is 0.685. The van der Waals surface area contributed by atoms with Crippen LogP contribution in [-0.2, 0) is 6.54 Å². The van der Waals surface area contributed by atoms with Crippen LogP contribution in [0.15, 0.2) is 47.5 Å². The van der Waals surface area contributed by atoms with Gasteiger partial charge in [0.1, 0.15) is 10.8 Å². The Morgan fingerprint density at radius 1 is 1.25 bits per heavy atom. The summed E-state index contributed by atoms with van der Waals surface area (Å²) in [4.78, 5) is 14.7. The molecule has 3 heterocycles. The van der Waals surface area contributed by atoms with Crippen LogP contribution >= 0.6 is 11.6 Å². The van der Waals surface area contributed by atoms with Crippen molar-refractivity contribution in [1.29, 1.82) is 0 Å². The monoisotopic (exact) mass is 402 g/mol. The van der Waals surface area contributed by atoms with Gasteiger partial charge in [0.2, 0.25) is 0 Å². The zero-order chi connectivity index (χ0) is 19.5. The number of halogens is 2. The minimum absolute atomic E-state index is 0.0605. The molecule has 0 spiro atoms. The summed E-state index contributed by atoms with van der Waals surface area (Å²) in [7, 11) is 0. The van der Waals surface area contributed by atoms with Crippen molar-refractivity contribution in [2.24, 2.45) is 0 Å². The maximum absolute atomic E-state index is 14.0. The Morgan fingerprint density at radius 3 is 2.75 bits per heavy atom. The molecule has 0 bridgehead atoms. The molecule has 2 N–H and O–H groups in total. The predicted octanol–water partition coefficient (Wildman–Crippen LogP) is 3.21. The normalized spacial score (nSPS) is 15.0. The van der Waals surface area contributed by atoms with Gasteiger partial charge in [0.25, 0.3) is 5.56 Å². The number of piperidine rings is 1. The van der Waals surface area contributed by atoms with Crippen LogP contribution in [0.25, 0.3) is 0 Å². The molecular formula is C19H20ClFN6O. The summed E-state index contributed by atoms with van der Waals surface area (Å²) < 4.78 is 15.4. The number of anilines is 2. The van der Waals surface area contributed by atoms with E-state index in [4.69, 9.17) is 11.6 Å². The number of aromatic nitrogens is 4. The Morgan fingerprint density at radius 2 is 2.04 bits per heavy atom. The maximum atomic E-state index is 14.0. The second-order valence-electron chi connectivity index (χ2n) is 6.73. The van der Waals surface area contributed by atoms with E-state index in [1.54, 1.807) is 24.5 Å². The fourth-order valence-electron chi connectivity index (χ4n) is 3.46. The largest absolute Gasteiger partial charge is 0.377 e. The molecule has 3 aromatic rings. The second kappa shape index (κ2) is 8.02. The number of nitrogens with one attached hydrogen (secondary N) is 2. The van der Waals surface area contributed by atoms with Crippen molar-refractivity contribution in [2.75, 3.05) is 23.3 Å². The van der Waals surface area contributed by atoms with E-state index < -0.39 is 0 Å². The van der Waals surface area contributed by atoms with Gasteiger partial charge in [-0.25, -0.2) is 9.07 Å². The lowest BCUT2D eigenvalue weighted by Gasteiger charge is -2.34. The number of hydrogen-bond donors (Lipinski definition) is 2. The second-order valence-corrected chi connectivity index (χ2v) is 7.10. The fraction of sp³-hybridized carbons (Fsp3) is 0.316. The Balaban J connectivity index is 1.44. The maximum Gasteiger partial charge on any atom is 0.287 e. The average Bonchev–Trinajstić information content (AvgIpc) is 3.23. The Labute approximate surface area is 166 Å². The molecule has 0 unspecified atom stereocenters. The van der Waals surface area contributed by atoms with E-state index in [1.165, 1.54) is 10.7 Å². The zero-order valence-electron chi connectivity index (χ0n) is 15.1. The van der Waals surface area contributed by atoms with Crippen LogP contribution in [0.5, 0.6) is 0 Å². The summed E-state index contributed by atoms with van der Waals surface area (Å²) in [5, 5.41) is 14.2. The van der Waals surface area contributed by atoms with Crippen LogP contribution < -0.4 is 15.8 Å². The number of para-hydroxylation sites is 1. The van der Waals surface area contributed by atoms with Crippen molar-refractivity contribution in [1.82, 2.24) is 20.0 Å². The highest BCUT2D eigenvalue weighted by molar-refractivity contribution is 6.32. The minimum Gasteiger partial charge on any atom is -0.377 e. The van der Waals surface area contributed by atoms with E-state index in [-0.39, 0.29) is 22.4 Å².